The number of ether oxygens (including phenoxy) is 1. The zero-order valence-electron chi connectivity index (χ0n) is 11.1. The first-order chi connectivity index (χ1) is 8.13. The van der Waals surface area contributed by atoms with Crippen LogP contribution in [0.1, 0.15) is 33.1 Å². The van der Waals surface area contributed by atoms with Gasteiger partial charge in [-0.1, -0.05) is 0 Å². The molecule has 2 saturated carbocycles. The van der Waals surface area contributed by atoms with Crippen LogP contribution in [0.2, 0.25) is 0 Å². The summed E-state index contributed by atoms with van der Waals surface area (Å²) in [5.41, 5.74) is 6.39. The summed E-state index contributed by atoms with van der Waals surface area (Å²) < 4.78 is 5.80. The van der Waals surface area contributed by atoms with Gasteiger partial charge in [0.2, 0.25) is 0 Å². The molecule has 0 radical (unpaired) electrons. The monoisotopic (exact) mass is 238 g/mol. The van der Waals surface area contributed by atoms with E-state index in [-0.39, 0.29) is 0 Å². The predicted molar refractivity (Wildman–Crippen MR) is 68.7 cm³/mol. The molecule has 3 aliphatic rings. The summed E-state index contributed by atoms with van der Waals surface area (Å²) in [6.07, 6.45) is 4.99. The van der Waals surface area contributed by atoms with Crippen molar-refractivity contribution in [3.8, 4) is 0 Å². The number of morpholine rings is 1. The highest BCUT2D eigenvalue weighted by atomic mass is 16.5. The number of hydrogen-bond donors (Lipinski definition) is 1. The maximum atomic E-state index is 6.39. The summed E-state index contributed by atoms with van der Waals surface area (Å²) in [6, 6.07) is 0.474. The summed E-state index contributed by atoms with van der Waals surface area (Å²) in [5.74, 6) is 2.51. The summed E-state index contributed by atoms with van der Waals surface area (Å²) in [5, 5.41) is 0. The van der Waals surface area contributed by atoms with E-state index < -0.39 is 0 Å². The van der Waals surface area contributed by atoms with Crippen molar-refractivity contribution in [1.82, 2.24) is 4.90 Å². The molecule has 6 atom stereocenters. The molecule has 98 valence electrons. The Balaban J connectivity index is 1.59. The van der Waals surface area contributed by atoms with E-state index in [0.29, 0.717) is 18.2 Å². The van der Waals surface area contributed by atoms with Crippen LogP contribution < -0.4 is 5.73 Å². The molecule has 0 aromatic carbocycles. The minimum absolute atomic E-state index is 0.383. The highest BCUT2D eigenvalue weighted by Gasteiger charge is 2.46. The van der Waals surface area contributed by atoms with E-state index in [2.05, 4.69) is 18.7 Å². The zero-order valence-corrected chi connectivity index (χ0v) is 11.1. The molecule has 3 fully saturated rings. The van der Waals surface area contributed by atoms with Gasteiger partial charge in [0.05, 0.1) is 12.2 Å². The number of nitrogens with two attached hydrogens (primary N) is 1. The first kappa shape index (κ1) is 11.9. The Bertz CT molecular complexity index is 271. The van der Waals surface area contributed by atoms with Crippen molar-refractivity contribution in [2.75, 3.05) is 19.6 Å². The largest absolute Gasteiger partial charge is 0.373 e. The van der Waals surface area contributed by atoms with E-state index in [1.807, 2.05) is 0 Å². The van der Waals surface area contributed by atoms with Crippen molar-refractivity contribution in [3.63, 3.8) is 0 Å². The minimum atomic E-state index is 0.383. The van der Waals surface area contributed by atoms with Gasteiger partial charge < -0.3 is 10.5 Å². The fraction of sp³-hybridized carbons (Fsp3) is 1.00. The molecule has 17 heavy (non-hydrogen) atoms. The molecule has 0 aromatic rings. The molecule has 0 amide bonds. The van der Waals surface area contributed by atoms with Crippen LogP contribution >= 0.6 is 0 Å². The Hall–Kier alpha value is -0.120. The first-order valence-electron chi connectivity index (χ1n) is 7.27. The van der Waals surface area contributed by atoms with Crippen molar-refractivity contribution in [3.05, 3.63) is 0 Å². The SMILES string of the molecule is CC1CN(CC2C3CCC(C3)C2N)CC(C)O1. The van der Waals surface area contributed by atoms with Crippen molar-refractivity contribution in [2.24, 2.45) is 23.5 Å². The summed E-state index contributed by atoms with van der Waals surface area (Å²) >= 11 is 0. The molecule has 1 aliphatic heterocycles. The number of rotatable bonds is 2. The van der Waals surface area contributed by atoms with Gasteiger partial charge in [0.15, 0.2) is 0 Å². The summed E-state index contributed by atoms with van der Waals surface area (Å²) in [4.78, 5) is 2.59. The van der Waals surface area contributed by atoms with Crippen molar-refractivity contribution in [2.45, 2.75) is 51.4 Å². The van der Waals surface area contributed by atoms with Crippen molar-refractivity contribution < 1.29 is 4.74 Å². The van der Waals surface area contributed by atoms with Gasteiger partial charge in [0.1, 0.15) is 0 Å². The molecule has 1 heterocycles. The average molecular weight is 238 g/mol. The van der Waals surface area contributed by atoms with Gasteiger partial charge in [0, 0.05) is 25.7 Å². The lowest BCUT2D eigenvalue weighted by atomic mass is 9.84. The van der Waals surface area contributed by atoms with Gasteiger partial charge in [-0.2, -0.15) is 0 Å². The fourth-order valence-corrected chi connectivity index (χ4v) is 4.46. The van der Waals surface area contributed by atoms with E-state index >= 15 is 0 Å². The Morgan fingerprint density at radius 1 is 1.12 bits per heavy atom. The highest BCUT2D eigenvalue weighted by Crippen LogP contribution is 2.47. The smallest absolute Gasteiger partial charge is 0.0678 e. The molecule has 0 aromatic heterocycles. The molecule has 2 bridgehead atoms. The Morgan fingerprint density at radius 3 is 2.35 bits per heavy atom. The molecule has 2 aliphatic carbocycles. The Kier molecular flexibility index (Phi) is 3.18. The van der Waals surface area contributed by atoms with Gasteiger partial charge in [-0.3, -0.25) is 4.90 Å². The third kappa shape index (κ3) is 2.25. The number of fused-ring (bicyclic) bond motifs is 2. The Morgan fingerprint density at radius 2 is 1.76 bits per heavy atom. The average Bonchev–Trinajstić information content (AvgIpc) is 2.81. The van der Waals surface area contributed by atoms with Crippen LogP contribution in [-0.2, 0) is 4.74 Å². The molecule has 2 N–H and O–H groups in total. The normalized spacial score (nSPS) is 51.0. The second-order valence-electron chi connectivity index (χ2n) is 6.55. The number of hydrogen-bond acceptors (Lipinski definition) is 3. The van der Waals surface area contributed by atoms with Crippen LogP contribution in [0.3, 0.4) is 0 Å². The van der Waals surface area contributed by atoms with Gasteiger partial charge in [-0.25, -0.2) is 0 Å². The molecule has 6 unspecified atom stereocenters. The lowest BCUT2D eigenvalue weighted by molar-refractivity contribution is -0.0737. The van der Waals surface area contributed by atoms with Gasteiger partial charge >= 0.3 is 0 Å². The van der Waals surface area contributed by atoms with Crippen LogP contribution in [-0.4, -0.2) is 42.8 Å². The maximum Gasteiger partial charge on any atom is 0.0678 e. The lowest BCUT2D eigenvalue weighted by Gasteiger charge is -2.39. The molecule has 3 nitrogen and oxygen atoms in total. The summed E-state index contributed by atoms with van der Waals surface area (Å²) in [7, 11) is 0. The van der Waals surface area contributed by atoms with E-state index in [4.69, 9.17) is 10.5 Å². The first-order valence-corrected chi connectivity index (χ1v) is 7.27. The van der Waals surface area contributed by atoms with Crippen LogP contribution in [0.4, 0.5) is 0 Å². The van der Waals surface area contributed by atoms with Gasteiger partial charge in [0.25, 0.3) is 0 Å². The topological polar surface area (TPSA) is 38.5 Å². The van der Waals surface area contributed by atoms with Crippen LogP contribution in [0.15, 0.2) is 0 Å². The van der Waals surface area contributed by atoms with E-state index in [9.17, 15) is 0 Å². The van der Waals surface area contributed by atoms with Crippen LogP contribution in [0.5, 0.6) is 0 Å². The molecule has 3 rings (SSSR count). The number of nitrogens with zero attached hydrogens (tertiary/aromatic N) is 1. The van der Waals surface area contributed by atoms with E-state index in [0.717, 1.165) is 30.8 Å². The fourth-order valence-electron chi connectivity index (χ4n) is 4.46. The lowest BCUT2D eigenvalue weighted by Crippen LogP contribution is -2.50. The second-order valence-corrected chi connectivity index (χ2v) is 6.55. The predicted octanol–water partition coefficient (Wildman–Crippen LogP) is 1.47. The third-order valence-electron chi connectivity index (χ3n) is 5.12. The molecular formula is C14H26N2O. The maximum absolute atomic E-state index is 6.39. The molecule has 0 spiro atoms. The minimum Gasteiger partial charge on any atom is -0.373 e. The van der Waals surface area contributed by atoms with E-state index in [1.165, 1.54) is 25.8 Å². The van der Waals surface area contributed by atoms with E-state index in [1.54, 1.807) is 0 Å². The third-order valence-corrected chi connectivity index (χ3v) is 5.12. The summed E-state index contributed by atoms with van der Waals surface area (Å²) in [6.45, 7) is 7.75. The molecule has 1 saturated heterocycles. The van der Waals surface area contributed by atoms with Crippen molar-refractivity contribution in [1.29, 1.82) is 0 Å². The van der Waals surface area contributed by atoms with Crippen LogP contribution in [0.25, 0.3) is 0 Å². The Labute approximate surface area is 105 Å². The quantitative estimate of drug-likeness (QED) is 0.792. The van der Waals surface area contributed by atoms with Crippen LogP contribution in [0, 0.1) is 17.8 Å². The highest BCUT2D eigenvalue weighted by molar-refractivity contribution is 5.00. The second kappa shape index (κ2) is 4.52. The molecule has 3 heteroatoms. The van der Waals surface area contributed by atoms with Gasteiger partial charge in [-0.05, 0) is 50.9 Å². The van der Waals surface area contributed by atoms with Crippen molar-refractivity contribution >= 4 is 0 Å². The zero-order chi connectivity index (χ0) is 12.0. The molecular weight excluding hydrogens is 212 g/mol. The van der Waals surface area contributed by atoms with Gasteiger partial charge in [-0.15, -0.1) is 0 Å². The standard InChI is InChI=1S/C14H26N2O/c1-9-6-16(7-10(2)17-9)8-13-11-3-4-12(5-11)14(13)15/h9-14H,3-8,15H2,1-2H3.